The minimum Gasteiger partial charge on any atom is -0.485 e. The van der Waals surface area contributed by atoms with Crippen molar-refractivity contribution in [3.8, 4) is 5.75 Å². The Balaban J connectivity index is 1.95. The third-order valence-corrected chi connectivity index (χ3v) is 5.35. The van der Waals surface area contributed by atoms with Crippen LogP contribution in [0.1, 0.15) is 31.0 Å². The highest BCUT2D eigenvalue weighted by Crippen LogP contribution is 2.44. The summed E-state index contributed by atoms with van der Waals surface area (Å²) in [6.07, 6.45) is -1.77. The molecule has 6 nitrogen and oxygen atoms in total. The van der Waals surface area contributed by atoms with Gasteiger partial charge in [-0.15, -0.1) is 0 Å². The molecule has 1 aliphatic heterocycles. The molecule has 0 aromatic heterocycles. The van der Waals surface area contributed by atoms with Gasteiger partial charge in [0.2, 0.25) is 0 Å². The standard InChI is InChI=1S/C22H27FN2O4/c1-22(2)20(26)19(17-10-9-16(24(3)4)13-18(17)29-22)25(21(27)28)12-11-14-5-7-15(23)8-6-14/h5-10,13,19-20,26H,11-12H2,1-4H3,(H,27,28). The van der Waals surface area contributed by atoms with Gasteiger partial charge in [0, 0.05) is 38.0 Å². The van der Waals surface area contributed by atoms with E-state index < -0.39 is 23.8 Å². The number of hydrogen-bond acceptors (Lipinski definition) is 4. The van der Waals surface area contributed by atoms with Crippen LogP contribution in [0.2, 0.25) is 0 Å². The second kappa shape index (κ2) is 7.91. The second-order valence-electron chi connectivity index (χ2n) is 8.06. The van der Waals surface area contributed by atoms with E-state index in [1.165, 1.54) is 17.0 Å². The minimum atomic E-state index is -1.13. The molecule has 7 heteroatoms. The van der Waals surface area contributed by atoms with Gasteiger partial charge in [0.05, 0.1) is 6.04 Å². The second-order valence-corrected chi connectivity index (χ2v) is 8.06. The van der Waals surface area contributed by atoms with Crippen LogP contribution in [0, 0.1) is 5.82 Å². The number of carbonyl (C=O) groups is 1. The number of aliphatic hydroxyl groups excluding tert-OH is 1. The van der Waals surface area contributed by atoms with Crippen molar-refractivity contribution in [1.29, 1.82) is 0 Å². The number of benzene rings is 2. The van der Waals surface area contributed by atoms with Crippen molar-refractivity contribution in [2.75, 3.05) is 25.5 Å². The first kappa shape index (κ1) is 20.9. The van der Waals surface area contributed by atoms with Crippen molar-refractivity contribution >= 4 is 11.8 Å². The van der Waals surface area contributed by atoms with Crippen molar-refractivity contribution in [3.63, 3.8) is 0 Å². The van der Waals surface area contributed by atoms with Crippen LogP contribution in [0.15, 0.2) is 42.5 Å². The number of carboxylic acid groups (broad SMARTS) is 1. The normalized spacial score (nSPS) is 19.8. The predicted molar refractivity (Wildman–Crippen MR) is 109 cm³/mol. The van der Waals surface area contributed by atoms with Crippen LogP contribution < -0.4 is 9.64 Å². The fourth-order valence-electron chi connectivity index (χ4n) is 3.62. The summed E-state index contributed by atoms with van der Waals surface area (Å²) in [4.78, 5) is 15.3. The van der Waals surface area contributed by atoms with Crippen LogP contribution in [0.3, 0.4) is 0 Å². The Labute approximate surface area is 170 Å². The molecule has 29 heavy (non-hydrogen) atoms. The lowest BCUT2D eigenvalue weighted by Crippen LogP contribution is -2.54. The number of rotatable bonds is 5. The van der Waals surface area contributed by atoms with Gasteiger partial charge in [0.15, 0.2) is 0 Å². The lowest BCUT2D eigenvalue weighted by molar-refractivity contribution is -0.0878. The first-order chi connectivity index (χ1) is 13.6. The molecule has 156 valence electrons. The Hall–Kier alpha value is -2.80. The first-order valence-electron chi connectivity index (χ1n) is 9.52. The lowest BCUT2D eigenvalue weighted by Gasteiger charge is -2.45. The molecule has 2 atom stereocenters. The number of fused-ring (bicyclic) bond motifs is 1. The predicted octanol–water partition coefficient (Wildman–Crippen LogP) is 3.69. The van der Waals surface area contributed by atoms with Crippen LogP contribution in [0.25, 0.3) is 0 Å². The molecule has 0 spiro atoms. The molecule has 1 amide bonds. The SMILES string of the molecule is CN(C)c1ccc2c(c1)OC(C)(C)C(O)C2N(CCc1ccc(F)cc1)C(=O)O. The maximum Gasteiger partial charge on any atom is 0.407 e. The fraction of sp³-hybridized carbons (Fsp3) is 0.409. The van der Waals surface area contributed by atoms with E-state index in [1.54, 1.807) is 26.0 Å². The quantitative estimate of drug-likeness (QED) is 0.798. The Morgan fingerprint density at radius 2 is 1.83 bits per heavy atom. The van der Waals surface area contributed by atoms with Crippen molar-refractivity contribution in [2.45, 2.75) is 38.0 Å². The average molecular weight is 402 g/mol. The monoisotopic (exact) mass is 402 g/mol. The number of hydrogen-bond donors (Lipinski definition) is 2. The molecule has 0 bridgehead atoms. The molecule has 2 aromatic rings. The summed E-state index contributed by atoms with van der Waals surface area (Å²) in [5, 5.41) is 20.9. The van der Waals surface area contributed by atoms with Gasteiger partial charge in [0.25, 0.3) is 0 Å². The third-order valence-electron chi connectivity index (χ3n) is 5.35. The molecule has 0 radical (unpaired) electrons. The zero-order chi connectivity index (χ0) is 21.3. The lowest BCUT2D eigenvalue weighted by atomic mass is 9.85. The molecular weight excluding hydrogens is 375 g/mol. The van der Waals surface area contributed by atoms with E-state index in [2.05, 4.69) is 0 Å². The number of aliphatic hydroxyl groups is 1. The van der Waals surface area contributed by atoms with E-state index in [9.17, 15) is 19.4 Å². The molecule has 0 fully saturated rings. The van der Waals surface area contributed by atoms with Crippen molar-refractivity contribution in [3.05, 3.63) is 59.4 Å². The number of amides is 1. The van der Waals surface area contributed by atoms with Gasteiger partial charge in [0.1, 0.15) is 23.3 Å². The van der Waals surface area contributed by atoms with E-state index in [1.807, 2.05) is 37.2 Å². The fourth-order valence-corrected chi connectivity index (χ4v) is 3.62. The average Bonchev–Trinajstić information content (AvgIpc) is 2.65. The van der Waals surface area contributed by atoms with Crippen LogP contribution in [-0.4, -0.2) is 53.6 Å². The minimum absolute atomic E-state index is 0.160. The van der Waals surface area contributed by atoms with Gasteiger partial charge in [-0.25, -0.2) is 9.18 Å². The van der Waals surface area contributed by atoms with Gasteiger partial charge in [-0.3, -0.25) is 4.90 Å². The van der Waals surface area contributed by atoms with Crippen LogP contribution in [-0.2, 0) is 6.42 Å². The molecule has 2 aromatic carbocycles. The maximum atomic E-state index is 13.1. The summed E-state index contributed by atoms with van der Waals surface area (Å²) >= 11 is 0. The molecule has 0 saturated heterocycles. The molecule has 3 rings (SSSR count). The Morgan fingerprint density at radius 3 is 2.41 bits per heavy atom. The van der Waals surface area contributed by atoms with Crippen LogP contribution >= 0.6 is 0 Å². The highest BCUT2D eigenvalue weighted by Gasteiger charge is 2.46. The summed E-state index contributed by atoms with van der Waals surface area (Å²) in [6, 6.07) is 10.7. The van der Waals surface area contributed by atoms with Gasteiger partial charge in [-0.1, -0.05) is 18.2 Å². The molecule has 2 unspecified atom stereocenters. The topological polar surface area (TPSA) is 73.2 Å². The molecular formula is C22H27FN2O4. The zero-order valence-electron chi connectivity index (χ0n) is 17.1. The van der Waals surface area contributed by atoms with E-state index in [0.29, 0.717) is 17.7 Å². The number of halogens is 1. The van der Waals surface area contributed by atoms with E-state index >= 15 is 0 Å². The number of nitrogens with zero attached hydrogens (tertiary/aromatic N) is 2. The highest BCUT2D eigenvalue weighted by atomic mass is 19.1. The molecule has 1 aliphatic rings. The van der Waals surface area contributed by atoms with E-state index in [0.717, 1.165) is 11.3 Å². The highest BCUT2D eigenvalue weighted by molar-refractivity contribution is 5.67. The molecule has 0 saturated carbocycles. The van der Waals surface area contributed by atoms with Gasteiger partial charge in [-0.2, -0.15) is 0 Å². The third kappa shape index (κ3) is 4.29. The summed E-state index contributed by atoms with van der Waals surface area (Å²) in [5.74, 6) is 0.223. The van der Waals surface area contributed by atoms with Crippen LogP contribution in [0.5, 0.6) is 5.75 Å². The Kier molecular flexibility index (Phi) is 5.71. The number of ether oxygens (including phenoxy) is 1. The van der Waals surface area contributed by atoms with E-state index in [-0.39, 0.29) is 12.4 Å². The zero-order valence-corrected chi connectivity index (χ0v) is 17.1. The van der Waals surface area contributed by atoms with Crippen molar-refractivity contribution in [1.82, 2.24) is 4.90 Å². The summed E-state index contributed by atoms with van der Waals surface area (Å²) < 4.78 is 19.2. The number of anilines is 1. The summed E-state index contributed by atoms with van der Waals surface area (Å²) in [7, 11) is 3.82. The Morgan fingerprint density at radius 1 is 1.17 bits per heavy atom. The molecule has 2 N–H and O–H groups in total. The smallest absolute Gasteiger partial charge is 0.407 e. The largest absolute Gasteiger partial charge is 0.485 e. The van der Waals surface area contributed by atoms with Crippen molar-refractivity contribution in [2.24, 2.45) is 0 Å². The van der Waals surface area contributed by atoms with Gasteiger partial charge < -0.3 is 19.8 Å². The summed E-state index contributed by atoms with van der Waals surface area (Å²) in [5.41, 5.74) is 1.40. The Bertz CT molecular complexity index is 883. The first-order valence-corrected chi connectivity index (χ1v) is 9.52. The van der Waals surface area contributed by atoms with Gasteiger partial charge in [-0.05, 0) is 44.0 Å². The van der Waals surface area contributed by atoms with Crippen molar-refractivity contribution < 1.29 is 24.1 Å². The van der Waals surface area contributed by atoms with Gasteiger partial charge >= 0.3 is 6.09 Å². The van der Waals surface area contributed by atoms with E-state index in [4.69, 9.17) is 4.74 Å². The molecule has 1 heterocycles. The maximum absolute atomic E-state index is 13.1. The molecule has 0 aliphatic carbocycles. The summed E-state index contributed by atoms with van der Waals surface area (Å²) in [6.45, 7) is 3.65. The van der Waals surface area contributed by atoms with Crippen LogP contribution in [0.4, 0.5) is 14.9 Å².